The van der Waals surface area contributed by atoms with Gasteiger partial charge in [0.2, 0.25) is 0 Å². The molecule has 0 aliphatic carbocycles. The molecule has 0 radical (unpaired) electrons. The number of hydrogen-bond donors (Lipinski definition) is 2. The van der Waals surface area contributed by atoms with Crippen molar-refractivity contribution in [3.05, 3.63) is 53.1 Å². The molecule has 2 aromatic rings. The van der Waals surface area contributed by atoms with Crippen molar-refractivity contribution in [3.63, 3.8) is 0 Å². The van der Waals surface area contributed by atoms with Crippen LogP contribution in [0.2, 0.25) is 0 Å². The molecule has 1 amide bonds. The Kier molecular flexibility index (Phi) is 3.94. The summed E-state index contributed by atoms with van der Waals surface area (Å²) in [6, 6.07) is 10.9. The van der Waals surface area contributed by atoms with Crippen molar-refractivity contribution < 1.29 is 9.53 Å². The van der Waals surface area contributed by atoms with E-state index in [1.807, 2.05) is 32.0 Å². The molecule has 2 rings (SSSR count). The molecule has 0 aliphatic rings. The summed E-state index contributed by atoms with van der Waals surface area (Å²) in [6.45, 7) is 4.08. The summed E-state index contributed by atoms with van der Waals surface area (Å²) in [4.78, 5) is 11.5. The van der Waals surface area contributed by atoms with Gasteiger partial charge in [-0.3, -0.25) is 4.79 Å². The Morgan fingerprint density at radius 3 is 2.45 bits per heavy atom. The molecule has 4 heteroatoms. The summed E-state index contributed by atoms with van der Waals surface area (Å²) in [5.41, 5.74) is 9.23. The van der Waals surface area contributed by atoms with Gasteiger partial charge in [-0.1, -0.05) is 6.07 Å². The molecule has 3 N–H and O–H groups in total. The first-order valence-electron chi connectivity index (χ1n) is 6.38. The Morgan fingerprint density at radius 2 is 1.85 bits per heavy atom. The predicted octanol–water partition coefficient (Wildman–Crippen LogP) is 3.04. The summed E-state index contributed by atoms with van der Waals surface area (Å²) in [7, 11) is 1.58. The summed E-state index contributed by atoms with van der Waals surface area (Å²) >= 11 is 0. The highest BCUT2D eigenvalue weighted by atomic mass is 16.5. The lowest BCUT2D eigenvalue weighted by Crippen LogP contribution is -2.17. The number of hydrogen-bond acceptors (Lipinski definition) is 3. The van der Waals surface area contributed by atoms with Gasteiger partial charge < -0.3 is 15.8 Å². The fourth-order valence-electron chi connectivity index (χ4n) is 1.83. The van der Waals surface area contributed by atoms with E-state index in [0.717, 1.165) is 11.3 Å². The molecule has 0 bridgehead atoms. The predicted molar refractivity (Wildman–Crippen MR) is 80.2 cm³/mol. The van der Waals surface area contributed by atoms with Crippen molar-refractivity contribution >= 4 is 11.6 Å². The number of carbonyl (C=O) groups excluding carboxylic acids is 1. The third-order valence-electron chi connectivity index (χ3n) is 3.21. The van der Waals surface area contributed by atoms with E-state index in [4.69, 9.17) is 10.5 Å². The smallest absolute Gasteiger partial charge is 0.251 e. The van der Waals surface area contributed by atoms with Gasteiger partial charge in [-0.25, -0.2) is 0 Å². The van der Waals surface area contributed by atoms with E-state index < -0.39 is 0 Å². The highest BCUT2D eigenvalue weighted by Gasteiger charge is 2.08. The molecule has 0 atom stereocenters. The van der Waals surface area contributed by atoms with Crippen LogP contribution in [0.1, 0.15) is 21.5 Å². The first-order valence-corrected chi connectivity index (χ1v) is 6.38. The van der Waals surface area contributed by atoms with Crippen LogP contribution >= 0.6 is 0 Å². The summed E-state index contributed by atoms with van der Waals surface area (Å²) in [6.07, 6.45) is 0. The van der Waals surface area contributed by atoms with E-state index in [1.165, 1.54) is 5.56 Å². The van der Waals surface area contributed by atoms with Crippen LogP contribution in [0.4, 0.5) is 5.69 Å². The second-order valence-corrected chi connectivity index (χ2v) is 4.68. The average molecular weight is 270 g/mol. The molecular formula is C16H18N2O2. The molecule has 0 aromatic heterocycles. The number of ether oxygens (including phenoxy) is 1. The van der Waals surface area contributed by atoms with Gasteiger partial charge in [-0.2, -0.15) is 0 Å². The number of amides is 1. The lowest BCUT2D eigenvalue weighted by Gasteiger charge is -2.11. The highest BCUT2D eigenvalue weighted by molar-refractivity contribution is 5.95. The van der Waals surface area contributed by atoms with Crippen LogP contribution in [-0.4, -0.2) is 13.0 Å². The molecule has 4 nitrogen and oxygen atoms in total. The molecule has 2 aromatic carbocycles. The van der Waals surface area contributed by atoms with Crippen molar-refractivity contribution in [2.24, 2.45) is 0 Å². The fraction of sp³-hybridized carbons (Fsp3) is 0.188. The number of nitrogens with one attached hydrogen (secondary N) is 1. The van der Waals surface area contributed by atoms with E-state index in [-0.39, 0.29) is 5.91 Å². The van der Waals surface area contributed by atoms with Crippen LogP contribution in [0.3, 0.4) is 0 Å². The van der Waals surface area contributed by atoms with Gasteiger partial charge >= 0.3 is 0 Å². The molecule has 0 saturated carbocycles. The molecule has 0 saturated heterocycles. The lowest BCUT2D eigenvalue weighted by atomic mass is 10.1. The highest BCUT2D eigenvalue weighted by Crippen LogP contribution is 2.29. The van der Waals surface area contributed by atoms with Gasteiger partial charge in [-0.15, -0.1) is 0 Å². The molecule has 0 fully saturated rings. The molecule has 0 spiro atoms. The van der Waals surface area contributed by atoms with Crippen LogP contribution in [-0.2, 0) is 0 Å². The van der Waals surface area contributed by atoms with Crippen molar-refractivity contribution in [3.8, 4) is 11.5 Å². The van der Waals surface area contributed by atoms with Gasteiger partial charge in [-0.05, 0) is 55.3 Å². The standard InChI is InChI=1S/C16H18N2O2/c1-10-4-6-13(8-11(10)2)20-15-7-5-12(9-14(15)17)16(19)18-3/h4-9H,17H2,1-3H3,(H,18,19). The first kappa shape index (κ1) is 13.9. The zero-order chi connectivity index (χ0) is 14.7. The van der Waals surface area contributed by atoms with Gasteiger partial charge in [0.1, 0.15) is 11.5 Å². The quantitative estimate of drug-likeness (QED) is 0.842. The second-order valence-electron chi connectivity index (χ2n) is 4.68. The number of nitrogens with two attached hydrogens (primary N) is 1. The van der Waals surface area contributed by atoms with Gasteiger partial charge in [0, 0.05) is 12.6 Å². The number of carbonyl (C=O) groups is 1. The van der Waals surface area contributed by atoms with Gasteiger partial charge in [0.05, 0.1) is 5.69 Å². The third kappa shape index (κ3) is 2.91. The maximum atomic E-state index is 11.5. The van der Waals surface area contributed by atoms with Crippen molar-refractivity contribution in [2.45, 2.75) is 13.8 Å². The Morgan fingerprint density at radius 1 is 1.10 bits per heavy atom. The van der Waals surface area contributed by atoms with Crippen molar-refractivity contribution in [1.82, 2.24) is 5.32 Å². The minimum atomic E-state index is -0.172. The molecule has 20 heavy (non-hydrogen) atoms. The molecule has 0 heterocycles. The maximum Gasteiger partial charge on any atom is 0.251 e. The molecule has 104 valence electrons. The van der Waals surface area contributed by atoms with Crippen LogP contribution < -0.4 is 15.8 Å². The van der Waals surface area contributed by atoms with E-state index in [0.29, 0.717) is 17.0 Å². The van der Waals surface area contributed by atoms with Crippen LogP contribution in [0, 0.1) is 13.8 Å². The van der Waals surface area contributed by atoms with Crippen molar-refractivity contribution in [2.75, 3.05) is 12.8 Å². The Labute approximate surface area is 118 Å². The van der Waals surface area contributed by atoms with E-state index in [1.54, 1.807) is 25.2 Å². The third-order valence-corrected chi connectivity index (χ3v) is 3.21. The topological polar surface area (TPSA) is 64.3 Å². The molecule has 0 unspecified atom stereocenters. The van der Waals surface area contributed by atoms with Crippen LogP contribution in [0.15, 0.2) is 36.4 Å². The average Bonchev–Trinajstić information content (AvgIpc) is 2.44. The van der Waals surface area contributed by atoms with Gasteiger partial charge in [0.25, 0.3) is 5.91 Å². The fourth-order valence-corrected chi connectivity index (χ4v) is 1.83. The van der Waals surface area contributed by atoms with Crippen LogP contribution in [0.5, 0.6) is 11.5 Å². The number of nitrogen functional groups attached to an aromatic ring is 1. The van der Waals surface area contributed by atoms with E-state index >= 15 is 0 Å². The number of anilines is 1. The largest absolute Gasteiger partial charge is 0.455 e. The normalized spacial score (nSPS) is 10.2. The summed E-state index contributed by atoms with van der Waals surface area (Å²) in [5.74, 6) is 1.10. The Bertz CT molecular complexity index is 651. The Hall–Kier alpha value is -2.49. The number of benzene rings is 2. The minimum Gasteiger partial charge on any atom is -0.455 e. The lowest BCUT2D eigenvalue weighted by molar-refractivity contribution is 0.0963. The maximum absolute atomic E-state index is 11.5. The van der Waals surface area contributed by atoms with E-state index in [2.05, 4.69) is 5.32 Å². The minimum absolute atomic E-state index is 0.172. The second kappa shape index (κ2) is 5.65. The zero-order valence-corrected chi connectivity index (χ0v) is 11.9. The monoisotopic (exact) mass is 270 g/mol. The Balaban J connectivity index is 2.25. The summed E-state index contributed by atoms with van der Waals surface area (Å²) < 4.78 is 5.76. The molecule has 0 aliphatic heterocycles. The number of rotatable bonds is 3. The first-order chi connectivity index (χ1) is 9.51. The summed E-state index contributed by atoms with van der Waals surface area (Å²) in [5, 5.41) is 2.56. The zero-order valence-electron chi connectivity index (χ0n) is 11.9. The number of aryl methyl sites for hydroxylation is 2. The van der Waals surface area contributed by atoms with Gasteiger partial charge in [0.15, 0.2) is 0 Å². The SMILES string of the molecule is CNC(=O)c1ccc(Oc2ccc(C)c(C)c2)c(N)c1. The molecular weight excluding hydrogens is 252 g/mol. The van der Waals surface area contributed by atoms with Crippen LogP contribution in [0.25, 0.3) is 0 Å². The van der Waals surface area contributed by atoms with Crippen molar-refractivity contribution in [1.29, 1.82) is 0 Å². The van der Waals surface area contributed by atoms with E-state index in [9.17, 15) is 4.79 Å².